The number of hydrogen-bond acceptors (Lipinski definition) is 2. The summed E-state index contributed by atoms with van der Waals surface area (Å²) in [4.78, 5) is 22.0. The molecular weight excluding hydrogens is 348 g/mol. The third kappa shape index (κ3) is 6.20. The second-order valence-electron chi connectivity index (χ2n) is 4.56. The highest BCUT2D eigenvalue weighted by atomic mass is 79.9. The van der Waals surface area contributed by atoms with Crippen LogP contribution in [0.1, 0.15) is 42.5 Å². The molecule has 0 aromatic heterocycles. The van der Waals surface area contributed by atoms with E-state index in [9.17, 15) is 18.4 Å². The lowest BCUT2D eigenvalue weighted by Gasteiger charge is -2.07. The molecule has 7 heteroatoms. The van der Waals surface area contributed by atoms with Gasteiger partial charge < -0.3 is 10.4 Å². The lowest BCUT2D eigenvalue weighted by Crippen LogP contribution is -2.26. The molecule has 1 aromatic rings. The highest BCUT2D eigenvalue weighted by Crippen LogP contribution is 2.19. The van der Waals surface area contributed by atoms with Gasteiger partial charge in [-0.15, -0.1) is 0 Å². The molecule has 0 aliphatic rings. The van der Waals surface area contributed by atoms with E-state index >= 15 is 0 Å². The summed E-state index contributed by atoms with van der Waals surface area (Å²) < 4.78 is 27.3. The maximum Gasteiger partial charge on any atom is 0.303 e. The zero-order valence-electron chi connectivity index (χ0n) is 11.3. The van der Waals surface area contributed by atoms with Crippen molar-refractivity contribution in [3.8, 4) is 0 Å². The largest absolute Gasteiger partial charge is 0.481 e. The third-order valence-corrected chi connectivity index (χ3v) is 3.29. The van der Waals surface area contributed by atoms with Crippen LogP contribution in [0.15, 0.2) is 16.6 Å². The first-order valence-corrected chi connectivity index (χ1v) is 7.35. The average Bonchev–Trinajstić information content (AvgIpc) is 2.35. The van der Waals surface area contributed by atoms with Crippen molar-refractivity contribution >= 4 is 27.8 Å². The summed E-state index contributed by atoms with van der Waals surface area (Å²) >= 11 is 2.94. The smallest absolute Gasteiger partial charge is 0.303 e. The van der Waals surface area contributed by atoms with Crippen molar-refractivity contribution in [3.63, 3.8) is 0 Å². The number of halogens is 3. The molecule has 2 N–H and O–H groups in total. The van der Waals surface area contributed by atoms with Crippen LogP contribution in [0, 0.1) is 11.6 Å². The topological polar surface area (TPSA) is 66.4 Å². The number of carbonyl (C=O) groups excluding carboxylic acids is 1. The Labute approximate surface area is 129 Å². The monoisotopic (exact) mass is 363 g/mol. The second kappa shape index (κ2) is 8.71. The first-order chi connectivity index (χ1) is 9.91. The molecule has 1 aromatic carbocycles. The van der Waals surface area contributed by atoms with Crippen molar-refractivity contribution in [3.05, 3.63) is 33.8 Å². The minimum absolute atomic E-state index is 0.127. The number of rotatable bonds is 8. The predicted octanol–water partition coefficient (Wildman–Crippen LogP) is 3.49. The predicted molar refractivity (Wildman–Crippen MR) is 77.1 cm³/mol. The summed E-state index contributed by atoms with van der Waals surface area (Å²) in [5.41, 5.74) is -0.593. The van der Waals surface area contributed by atoms with E-state index in [1.54, 1.807) is 0 Å². The fraction of sp³-hybridized carbons (Fsp3) is 0.429. The lowest BCUT2D eigenvalue weighted by atomic mass is 10.1. The normalized spacial score (nSPS) is 10.4. The summed E-state index contributed by atoms with van der Waals surface area (Å²) in [6, 6.07) is 2.06. The Bertz CT molecular complexity index is 500. The first-order valence-electron chi connectivity index (χ1n) is 6.56. The number of amides is 1. The Morgan fingerprint density at radius 3 is 2.24 bits per heavy atom. The number of hydrogen-bond donors (Lipinski definition) is 2. The van der Waals surface area contributed by atoms with Gasteiger partial charge >= 0.3 is 5.97 Å². The van der Waals surface area contributed by atoms with Gasteiger partial charge in [0.25, 0.3) is 5.91 Å². The van der Waals surface area contributed by atoms with Gasteiger partial charge in [-0.3, -0.25) is 9.59 Å². The zero-order chi connectivity index (χ0) is 15.8. The van der Waals surface area contributed by atoms with Gasteiger partial charge in [-0.25, -0.2) is 8.78 Å². The number of unbranched alkanes of at least 4 members (excludes halogenated alkanes) is 3. The van der Waals surface area contributed by atoms with E-state index in [1.165, 1.54) is 0 Å². The van der Waals surface area contributed by atoms with Crippen molar-refractivity contribution < 1.29 is 23.5 Å². The Balaban J connectivity index is 2.33. The standard InChI is InChI=1S/C14H16BrF2NO3/c15-9-7-10(16)13(11(17)8-9)14(21)18-6-4-2-1-3-5-12(19)20/h7-8H,1-6H2,(H,18,21)(H,19,20). The number of carbonyl (C=O) groups is 2. The second-order valence-corrected chi connectivity index (χ2v) is 5.47. The molecule has 0 fully saturated rings. The van der Waals surface area contributed by atoms with Gasteiger partial charge in [0.1, 0.15) is 17.2 Å². The maximum atomic E-state index is 13.5. The van der Waals surface area contributed by atoms with Crippen molar-refractivity contribution in [1.29, 1.82) is 0 Å². The van der Waals surface area contributed by atoms with Gasteiger partial charge in [0.05, 0.1) is 0 Å². The van der Waals surface area contributed by atoms with E-state index in [2.05, 4.69) is 21.2 Å². The molecule has 0 heterocycles. The highest BCUT2D eigenvalue weighted by Gasteiger charge is 2.17. The van der Waals surface area contributed by atoms with Gasteiger partial charge in [-0.2, -0.15) is 0 Å². The quantitative estimate of drug-likeness (QED) is 0.694. The fourth-order valence-electron chi connectivity index (χ4n) is 1.80. The Morgan fingerprint density at radius 1 is 1.10 bits per heavy atom. The van der Waals surface area contributed by atoms with E-state index < -0.39 is 29.1 Å². The molecule has 4 nitrogen and oxygen atoms in total. The fourth-order valence-corrected chi connectivity index (χ4v) is 2.21. The van der Waals surface area contributed by atoms with Gasteiger partial charge in [0.2, 0.25) is 0 Å². The summed E-state index contributed by atoms with van der Waals surface area (Å²) in [5, 5.41) is 10.9. The molecule has 0 aliphatic carbocycles. The van der Waals surface area contributed by atoms with Gasteiger partial charge in [-0.05, 0) is 25.0 Å². The SMILES string of the molecule is O=C(O)CCCCCCNC(=O)c1c(F)cc(Br)cc1F. The number of nitrogens with one attached hydrogen (secondary N) is 1. The van der Waals surface area contributed by atoms with E-state index in [0.29, 0.717) is 19.4 Å². The highest BCUT2D eigenvalue weighted by molar-refractivity contribution is 9.10. The average molecular weight is 364 g/mol. The molecule has 0 atom stereocenters. The van der Waals surface area contributed by atoms with Crippen LogP contribution in [0.2, 0.25) is 0 Å². The molecule has 116 valence electrons. The number of benzene rings is 1. The lowest BCUT2D eigenvalue weighted by molar-refractivity contribution is -0.137. The van der Waals surface area contributed by atoms with E-state index in [-0.39, 0.29) is 10.9 Å². The molecule has 0 saturated carbocycles. The molecule has 1 rings (SSSR count). The molecule has 0 aliphatic heterocycles. The van der Waals surface area contributed by atoms with Crippen molar-refractivity contribution in [2.24, 2.45) is 0 Å². The van der Waals surface area contributed by atoms with Crippen molar-refractivity contribution in [1.82, 2.24) is 5.32 Å². The van der Waals surface area contributed by atoms with Gasteiger partial charge in [0, 0.05) is 17.4 Å². The first kappa shape index (κ1) is 17.6. The molecule has 21 heavy (non-hydrogen) atoms. The summed E-state index contributed by atoms with van der Waals surface area (Å²) in [7, 11) is 0. The molecule has 0 bridgehead atoms. The van der Waals surface area contributed by atoms with Gasteiger partial charge in [0.15, 0.2) is 0 Å². The molecule has 0 radical (unpaired) electrons. The van der Waals surface area contributed by atoms with Crippen LogP contribution in [0.5, 0.6) is 0 Å². The van der Waals surface area contributed by atoms with Crippen LogP contribution in [0.3, 0.4) is 0 Å². The van der Waals surface area contributed by atoms with Gasteiger partial charge in [-0.1, -0.05) is 28.8 Å². The Hall–Kier alpha value is -1.50. The van der Waals surface area contributed by atoms with E-state index in [0.717, 1.165) is 25.0 Å². The molecule has 1 amide bonds. The summed E-state index contributed by atoms with van der Waals surface area (Å²) in [6.45, 7) is 0.293. The number of carboxylic acid groups (broad SMARTS) is 1. The Morgan fingerprint density at radius 2 is 1.67 bits per heavy atom. The summed E-state index contributed by atoms with van der Waals surface area (Å²) in [5.74, 6) is -3.45. The minimum Gasteiger partial charge on any atom is -0.481 e. The zero-order valence-corrected chi connectivity index (χ0v) is 12.9. The maximum absolute atomic E-state index is 13.5. The molecule has 0 saturated heterocycles. The molecule has 0 spiro atoms. The van der Waals surface area contributed by atoms with E-state index in [1.807, 2.05) is 0 Å². The van der Waals surface area contributed by atoms with Crippen molar-refractivity contribution in [2.45, 2.75) is 32.1 Å². The van der Waals surface area contributed by atoms with Crippen LogP contribution in [-0.2, 0) is 4.79 Å². The summed E-state index contributed by atoms with van der Waals surface area (Å²) in [6.07, 6.45) is 2.83. The van der Waals surface area contributed by atoms with Crippen molar-refractivity contribution in [2.75, 3.05) is 6.54 Å². The van der Waals surface area contributed by atoms with Crippen LogP contribution >= 0.6 is 15.9 Å². The third-order valence-electron chi connectivity index (χ3n) is 2.84. The number of aliphatic carboxylic acids is 1. The minimum atomic E-state index is -0.916. The van der Waals surface area contributed by atoms with Crippen LogP contribution in [-0.4, -0.2) is 23.5 Å². The Kier molecular flexibility index (Phi) is 7.28. The van der Waals surface area contributed by atoms with Crippen LogP contribution < -0.4 is 5.32 Å². The number of carboxylic acids is 1. The molecule has 0 unspecified atom stereocenters. The molecular formula is C14H16BrF2NO3. The van der Waals surface area contributed by atoms with Crippen LogP contribution in [0.25, 0.3) is 0 Å². The van der Waals surface area contributed by atoms with Crippen LogP contribution in [0.4, 0.5) is 8.78 Å². The van der Waals surface area contributed by atoms with E-state index in [4.69, 9.17) is 5.11 Å².